The third-order valence-corrected chi connectivity index (χ3v) is 4.57. The minimum Gasteiger partial charge on any atom is -0.497 e. The van der Waals surface area contributed by atoms with Crippen LogP contribution in [0.1, 0.15) is 33.3 Å². The summed E-state index contributed by atoms with van der Waals surface area (Å²) in [5, 5.41) is 16.3. The normalized spacial score (nSPS) is 21.6. The molecule has 1 aliphatic rings. The molecule has 1 aromatic heterocycles. The zero-order valence-corrected chi connectivity index (χ0v) is 17.6. The van der Waals surface area contributed by atoms with Crippen LogP contribution in [0.5, 0.6) is 0 Å². The Labute approximate surface area is 171 Å². The first-order valence-electron chi connectivity index (χ1n) is 8.73. The molecule has 0 spiro atoms. The number of carbonyl (C=O) groups is 2. The van der Waals surface area contributed by atoms with Gasteiger partial charge in [0.1, 0.15) is 11.9 Å². The maximum Gasteiger partial charge on any atom is 0.316 e. The highest BCUT2D eigenvalue weighted by Crippen LogP contribution is 2.38. The van der Waals surface area contributed by atoms with Gasteiger partial charge in [0, 0.05) is 18.9 Å². The number of methoxy groups -OCH3 is 1. The fourth-order valence-corrected chi connectivity index (χ4v) is 2.97. The van der Waals surface area contributed by atoms with Crippen molar-refractivity contribution >= 4 is 24.2 Å². The molecule has 1 heterocycles. The summed E-state index contributed by atoms with van der Waals surface area (Å²) in [4.78, 5) is 29.0. The zero-order chi connectivity index (χ0) is 20.2. The minimum atomic E-state index is -1.61. The van der Waals surface area contributed by atoms with Crippen molar-refractivity contribution in [3.05, 3.63) is 53.6 Å². The van der Waals surface area contributed by atoms with Crippen molar-refractivity contribution in [2.45, 2.75) is 45.9 Å². The van der Waals surface area contributed by atoms with Crippen molar-refractivity contribution in [2.75, 3.05) is 7.11 Å². The van der Waals surface area contributed by atoms with Gasteiger partial charge in [0.15, 0.2) is 11.3 Å². The van der Waals surface area contributed by atoms with Crippen LogP contribution >= 0.6 is 12.4 Å². The van der Waals surface area contributed by atoms with E-state index in [2.05, 4.69) is 15.6 Å². The van der Waals surface area contributed by atoms with Crippen LogP contribution < -0.4 is 10.6 Å². The molecule has 2 atom stereocenters. The van der Waals surface area contributed by atoms with Crippen LogP contribution in [0.4, 0.5) is 4.79 Å². The summed E-state index contributed by atoms with van der Waals surface area (Å²) in [6.45, 7) is 7.35. The van der Waals surface area contributed by atoms with E-state index >= 15 is 0 Å². The average Bonchev–Trinajstić information content (AvgIpc) is 2.61. The van der Waals surface area contributed by atoms with Gasteiger partial charge in [-0.2, -0.15) is 0 Å². The molecule has 0 fully saturated rings. The second kappa shape index (κ2) is 9.21. The maximum absolute atomic E-state index is 12.5. The average molecular weight is 410 g/mol. The van der Waals surface area contributed by atoms with E-state index < -0.39 is 28.9 Å². The number of nitrogens with zero attached hydrogens (tertiary/aromatic N) is 1. The number of rotatable bonds is 5. The number of hydrogen-bond donors (Lipinski definition) is 3. The lowest BCUT2D eigenvalue weighted by Gasteiger charge is -2.41. The molecule has 3 N–H and O–H groups in total. The molecule has 0 radical (unpaired) electrons. The van der Waals surface area contributed by atoms with Gasteiger partial charge in [0.2, 0.25) is 0 Å². The molecule has 8 heteroatoms. The van der Waals surface area contributed by atoms with E-state index in [4.69, 9.17) is 4.74 Å². The van der Waals surface area contributed by atoms with Gasteiger partial charge in [0.05, 0.1) is 7.11 Å². The zero-order valence-electron chi connectivity index (χ0n) is 16.8. The van der Waals surface area contributed by atoms with Crippen molar-refractivity contribution in [1.29, 1.82) is 0 Å². The molecule has 0 aliphatic heterocycles. The number of allylic oxidation sites excluding steroid dienone is 1. The standard InChI is InChI=1S/C20H27N3O4.ClH/c1-13(24)20(23-18(26)22-12-14-7-6-8-21-11-14)10-15(27-5)9-16(17(20)25)19(2,3)4;/h6-11,17,25H,12H2,1-5H3,(H2,22,23,26);1H. The number of pyridine rings is 1. The maximum atomic E-state index is 12.5. The van der Waals surface area contributed by atoms with Gasteiger partial charge in [-0.3, -0.25) is 9.78 Å². The number of halogens is 1. The minimum absolute atomic E-state index is 0. The predicted octanol–water partition coefficient (Wildman–Crippen LogP) is 2.51. The van der Waals surface area contributed by atoms with Crippen molar-refractivity contribution in [2.24, 2.45) is 5.41 Å². The number of nitrogens with one attached hydrogen (secondary N) is 2. The number of carbonyl (C=O) groups excluding carboxylic acids is 2. The lowest BCUT2D eigenvalue weighted by atomic mass is 9.71. The van der Waals surface area contributed by atoms with Gasteiger partial charge in [-0.15, -0.1) is 12.4 Å². The SMILES string of the molecule is COC1=CC(NC(=O)NCc2cccnc2)(C(C)=O)C(O)C(C(C)(C)C)=C1.Cl. The van der Waals surface area contributed by atoms with E-state index in [0.29, 0.717) is 11.3 Å². The number of aromatic nitrogens is 1. The molecular formula is C20H28ClN3O4. The Morgan fingerprint density at radius 2 is 2.04 bits per heavy atom. The number of hydrogen-bond acceptors (Lipinski definition) is 5. The fourth-order valence-electron chi connectivity index (χ4n) is 2.97. The lowest BCUT2D eigenvalue weighted by Crippen LogP contribution is -2.64. The third-order valence-electron chi connectivity index (χ3n) is 4.57. The molecular weight excluding hydrogens is 382 g/mol. The number of ether oxygens (including phenoxy) is 1. The number of amides is 2. The first-order chi connectivity index (χ1) is 12.6. The number of urea groups is 1. The summed E-state index contributed by atoms with van der Waals surface area (Å²) in [6.07, 6.45) is 5.24. The Hall–Kier alpha value is -2.38. The molecule has 28 heavy (non-hydrogen) atoms. The highest BCUT2D eigenvalue weighted by Gasteiger charge is 2.48. The monoisotopic (exact) mass is 409 g/mol. The lowest BCUT2D eigenvalue weighted by molar-refractivity contribution is -0.124. The quantitative estimate of drug-likeness (QED) is 0.693. The second-order valence-electron chi connectivity index (χ2n) is 7.60. The van der Waals surface area contributed by atoms with Crippen LogP contribution in [0.2, 0.25) is 0 Å². The summed E-state index contributed by atoms with van der Waals surface area (Å²) in [5.41, 5.74) is -0.616. The topological polar surface area (TPSA) is 101 Å². The van der Waals surface area contributed by atoms with Crippen LogP contribution in [-0.4, -0.2) is 40.7 Å². The predicted molar refractivity (Wildman–Crippen MR) is 109 cm³/mol. The highest BCUT2D eigenvalue weighted by atomic mass is 35.5. The molecule has 0 bridgehead atoms. The number of aliphatic hydroxyl groups is 1. The van der Waals surface area contributed by atoms with Crippen LogP contribution in [0.3, 0.4) is 0 Å². The largest absolute Gasteiger partial charge is 0.497 e. The number of aliphatic hydroxyl groups excluding tert-OH is 1. The molecule has 7 nitrogen and oxygen atoms in total. The Balaban J connectivity index is 0.00000392. The number of Topliss-reactive ketones (excluding diaryl/α,β-unsaturated/α-hetero) is 1. The molecule has 2 rings (SSSR count). The fraction of sp³-hybridized carbons (Fsp3) is 0.450. The highest BCUT2D eigenvalue weighted by molar-refractivity contribution is 5.95. The third kappa shape index (κ3) is 5.11. The Morgan fingerprint density at radius 3 is 2.54 bits per heavy atom. The van der Waals surface area contributed by atoms with Crippen LogP contribution in [0, 0.1) is 5.41 Å². The van der Waals surface area contributed by atoms with Crippen molar-refractivity contribution in [3.63, 3.8) is 0 Å². The van der Waals surface area contributed by atoms with E-state index in [1.54, 1.807) is 24.5 Å². The van der Waals surface area contributed by atoms with E-state index in [9.17, 15) is 14.7 Å². The summed E-state index contributed by atoms with van der Waals surface area (Å²) in [6, 6.07) is 3.02. The number of ketones is 1. The van der Waals surface area contributed by atoms with Gasteiger partial charge in [-0.1, -0.05) is 26.8 Å². The molecule has 2 unspecified atom stereocenters. The first kappa shape index (κ1) is 23.7. The van der Waals surface area contributed by atoms with E-state index in [0.717, 1.165) is 5.56 Å². The van der Waals surface area contributed by atoms with Crippen molar-refractivity contribution in [3.8, 4) is 0 Å². The van der Waals surface area contributed by atoms with Crippen LogP contribution in [0.15, 0.2) is 48.0 Å². The van der Waals surface area contributed by atoms with Gasteiger partial charge in [-0.05, 0) is 41.7 Å². The Kier molecular flexibility index (Phi) is 7.78. The van der Waals surface area contributed by atoms with Gasteiger partial charge < -0.3 is 20.5 Å². The second-order valence-corrected chi connectivity index (χ2v) is 7.60. The van der Waals surface area contributed by atoms with Crippen molar-refractivity contribution in [1.82, 2.24) is 15.6 Å². The smallest absolute Gasteiger partial charge is 0.316 e. The molecule has 2 amide bonds. The summed E-state index contributed by atoms with van der Waals surface area (Å²) < 4.78 is 5.32. The van der Waals surface area contributed by atoms with E-state index in [1.807, 2.05) is 26.8 Å². The summed E-state index contributed by atoms with van der Waals surface area (Å²) in [5.74, 6) is 0.0175. The Morgan fingerprint density at radius 1 is 1.36 bits per heavy atom. The first-order valence-corrected chi connectivity index (χ1v) is 8.73. The molecule has 0 saturated carbocycles. The molecule has 1 aliphatic carbocycles. The Bertz CT molecular complexity index is 771. The summed E-state index contributed by atoms with van der Waals surface area (Å²) >= 11 is 0. The van der Waals surface area contributed by atoms with E-state index in [-0.39, 0.29) is 19.0 Å². The van der Waals surface area contributed by atoms with Gasteiger partial charge in [0.25, 0.3) is 0 Å². The van der Waals surface area contributed by atoms with E-state index in [1.165, 1.54) is 20.1 Å². The molecule has 1 aromatic rings. The molecule has 154 valence electrons. The van der Waals surface area contributed by atoms with Gasteiger partial charge in [-0.25, -0.2) is 4.79 Å². The van der Waals surface area contributed by atoms with Gasteiger partial charge >= 0.3 is 6.03 Å². The van der Waals surface area contributed by atoms with Crippen LogP contribution in [-0.2, 0) is 16.1 Å². The molecule has 0 aromatic carbocycles. The van der Waals surface area contributed by atoms with Crippen LogP contribution in [0.25, 0.3) is 0 Å². The van der Waals surface area contributed by atoms with Crippen molar-refractivity contribution < 1.29 is 19.4 Å². The summed E-state index contributed by atoms with van der Waals surface area (Å²) in [7, 11) is 1.48. The molecule has 0 saturated heterocycles.